The molecule has 21 heavy (non-hydrogen) atoms. The molecule has 0 spiro atoms. The topological polar surface area (TPSA) is 111 Å². The van der Waals surface area contributed by atoms with Crippen molar-refractivity contribution in [2.24, 2.45) is 11.5 Å². The number of nitrogens with two attached hydrogens (primary N) is 2. The highest BCUT2D eigenvalue weighted by Crippen LogP contribution is 2.20. The first-order valence-electron chi connectivity index (χ1n) is 6.07. The van der Waals surface area contributed by atoms with Gasteiger partial charge in [0.25, 0.3) is 5.91 Å². The molecular formula is C14H13ClN4O2. The molecule has 0 fully saturated rings. The van der Waals surface area contributed by atoms with Gasteiger partial charge in [-0.15, -0.1) is 0 Å². The summed E-state index contributed by atoms with van der Waals surface area (Å²) in [5.41, 5.74) is 12.3. The maximum absolute atomic E-state index is 12.1. The van der Waals surface area contributed by atoms with Crippen LogP contribution in [0.25, 0.3) is 0 Å². The molecule has 2 amide bonds. The van der Waals surface area contributed by atoms with Gasteiger partial charge in [-0.2, -0.15) is 0 Å². The zero-order valence-corrected chi connectivity index (χ0v) is 11.7. The molecule has 0 aliphatic heterocycles. The third-order valence-corrected chi connectivity index (χ3v) is 3.11. The number of carbonyl (C=O) groups is 2. The summed E-state index contributed by atoms with van der Waals surface area (Å²) in [6, 6.07) is 7.67. The predicted octanol–water partition coefficient (Wildman–Crippen LogP) is 1.54. The summed E-state index contributed by atoms with van der Waals surface area (Å²) in [4.78, 5) is 27.3. The van der Waals surface area contributed by atoms with Gasteiger partial charge in [0.2, 0.25) is 5.91 Å². The Hall–Kier alpha value is -2.44. The highest BCUT2D eigenvalue weighted by atomic mass is 35.5. The second-order valence-corrected chi connectivity index (χ2v) is 4.66. The number of halogens is 1. The van der Waals surface area contributed by atoms with Crippen LogP contribution in [0.4, 0.5) is 5.69 Å². The van der Waals surface area contributed by atoms with Crippen LogP contribution >= 0.6 is 11.6 Å². The molecule has 5 N–H and O–H groups in total. The first kappa shape index (κ1) is 15.0. The van der Waals surface area contributed by atoms with Crippen molar-refractivity contribution >= 4 is 29.1 Å². The average molecular weight is 305 g/mol. The largest absolute Gasteiger partial charge is 0.366 e. The van der Waals surface area contributed by atoms with E-state index in [4.69, 9.17) is 23.1 Å². The Morgan fingerprint density at radius 2 is 2.00 bits per heavy atom. The summed E-state index contributed by atoms with van der Waals surface area (Å²) in [5, 5.41) is 2.89. The van der Waals surface area contributed by atoms with Crippen LogP contribution in [0.3, 0.4) is 0 Å². The maximum atomic E-state index is 12.1. The van der Waals surface area contributed by atoms with Gasteiger partial charge in [0.15, 0.2) is 0 Å². The quantitative estimate of drug-likeness (QED) is 0.795. The van der Waals surface area contributed by atoms with E-state index in [-0.39, 0.29) is 23.0 Å². The van der Waals surface area contributed by atoms with Gasteiger partial charge in [0.1, 0.15) is 0 Å². The molecule has 0 aliphatic carbocycles. The van der Waals surface area contributed by atoms with E-state index >= 15 is 0 Å². The summed E-state index contributed by atoms with van der Waals surface area (Å²) in [5.74, 6) is -1.00. The van der Waals surface area contributed by atoms with Gasteiger partial charge in [-0.1, -0.05) is 11.6 Å². The number of amides is 2. The number of pyridine rings is 1. The van der Waals surface area contributed by atoms with Crippen LogP contribution in [0.1, 0.15) is 26.4 Å². The number of nitrogens with one attached hydrogen (secondary N) is 1. The number of nitrogens with zero attached hydrogens (tertiary/aromatic N) is 1. The lowest BCUT2D eigenvalue weighted by Crippen LogP contribution is -2.15. The van der Waals surface area contributed by atoms with Crippen molar-refractivity contribution in [3.05, 3.63) is 58.4 Å². The lowest BCUT2D eigenvalue weighted by atomic mass is 10.1. The fourth-order valence-corrected chi connectivity index (χ4v) is 1.94. The predicted molar refractivity (Wildman–Crippen MR) is 80.1 cm³/mol. The van der Waals surface area contributed by atoms with E-state index in [1.165, 1.54) is 18.3 Å². The monoisotopic (exact) mass is 304 g/mol. The Balaban J connectivity index is 2.23. The van der Waals surface area contributed by atoms with Crippen molar-refractivity contribution in [1.29, 1.82) is 0 Å². The van der Waals surface area contributed by atoms with Gasteiger partial charge in [-0.3, -0.25) is 14.6 Å². The van der Waals surface area contributed by atoms with E-state index < -0.39 is 5.91 Å². The molecule has 7 heteroatoms. The Bertz CT molecular complexity index is 703. The number of aromatic nitrogens is 1. The molecule has 6 nitrogen and oxygen atoms in total. The highest BCUT2D eigenvalue weighted by Gasteiger charge is 2.11. The van der Waals surface area contributed by atoms with Crippen LogP contribution in [-0.2, 0) is 6.54 Å². The average Bonchev–Trinajstić information content (AvgIpc) is 2.49. The fourth-order valence-electron chi connectivity index (χ4n) is 1.73. The fraction of sp³-hybridized carbons (Fsp3) is 0.0714. The van der Waals surface area contributed by atoms with Crippen molar-refractivity contribution < 1.29 is 9.59 Å². The number of hydrogen-bond acceptors (Lipinski definition) is 4. The van der Waals surface area contributed by atoms with Crippen LogP contribution in [0, 0.1) is 0 Å². The van der Waals surface area contributed by atoms with E-state index in [1.807, 2.05) is 0 Å². The minimum Gasteiger partial charge on any atom is -0.366 e. The first-order chi connectivity index (χ1) is 10.0. The summed E-state index contributed by atoms with van der Waals surface area (Å²) >= 11 is 5.85. The molecule has 1 aromatic carbocycles. The molecule has 0 saturated carbocycles. The highest BCUT2D eigenvalue weighted by molar-refractivity contribution is 6.34. The van der Waals surface area contributed by atoms with E-state index in [0.29, 0.717) is 16.9 Å². The van der Waals surface area contributed by atoms with Crippen molar-refractivity contribution in [1.82, 2.24) is 4.98 Å². The van der Waals surface area contributed by atoms with Gasteiger partial charge in [-0.25, -0.2) is 0 Å². The minimum absolute atomic E-state index is 0.145. The van der Waals surface area contributed by atoms with Crippen molar-refractivity contribution in [3.8, 4) is 0 Å². The number of primary amides is 1. The molecule has 0 radical (unpaired) electrons. The molecule has 1 aromatic heterocycles. The van der Waals surface area contributed by atoms with Gasteiger partial charge in [-0.05, 0) is 30.3 Å². The Morgan fingerprint density at radius 3 is 2.67 bits per heavy atom. The molecule has 2 aromatic rings. The molecular weight excluding hydrogens is 292 g/mol. The molecule has 0 bridgehead atoms. The normalized spacial score (nSPS) is 10.2. The van der Waals surface area contributed by atoms with Crippen molar-refractivity contribution in [2.75, 3.05) is 5.32 Å². The smallest absolute Gasteiger partial charge is 0.255 e. The van der Waals surface area contributed by atoms with Crippen LogP contribution in [0.5, 0.6) is 0 Å². The van der Waals surface area contributed by atoms with Gasteiger partial charge < -0.3 is 16.8 Å². The van der Waals surface area contributed by atoms with Crippen LogP contribution < -0.4 is 16.8 Å². The first-order valence-corrected chi connectivity index (χ1v) is 6.44. The van der Waals surface area contributed by atoms with Gasteiger partial charge in [0, 0.05) is 24.0 Å². The number of benzene rings is 1. The second kappa shape index (κ2) is 6.34. The number of anilines is 1. The van der Waals surface area contributed by atoms with E-state index in [0.717, 1.165) is 0 Å². The molecule has 0 saturated heterocycles. The molecule has 108 valence electrons. The molecule has 0 atom stereocenters. The molecule has 2 rings (SSSR count). The summed E-state index contributed by atoms with van der Waals surface area (Å²) in [6.07, 6.45) is 1.51. The van der Waals surface area contributed by atoms with Gasteiger partial charge >= 0.3 is 0 Å². The molecule has 1 heterocycles. The lowest BCUT2D eigenvalue weighted by molar-refractivity contribution is 0.0996. The standard InChI is InChI=1S/C14H13ClN4O2/c15-12-2-1-9(6-11(12)13(17)20)19-14(21)8-3-4-18-10(5-8)7-16/h1-6H,7,16H2,(H2,17,20)(H,19,21). The van der Waals surface area contributed by atoms with E-state index in [9.17, 15) is 9.59 Å². The summed E-state index contributed by atoms with van der Waals surface area (Å²) in [7, 11) is 0. The van der Waals surface area contributed by atoms with Crippen LogP contribution in [-0.4, -0.2) is 16.8 Å². The summed E-state index contributed by atoms with van der Waals surface area (Å²) in [6.45, 7) is 0.244. The minimum atomic E-state index is -0.662. The van der Waals surface area contributed by atoms with Crippen LogP contribution in [0.15, 0.2) is 36.5 Å². The summed E-state index contributed by atoms with van der Waals surface area (Å²) < 4.78 is 0. The Kier molecular flexibility index (Phi) is 4.52. The Labute approximate surface area is 126 Å². The number of rotatable bonds is 4. The Morgan fingerprint density at radius 1 is 1.24 bits per heavy atom. The zero-order valence-electron chi connectivity index (χ0n) is 11.0. The van der Waals surface area contributed by atoms with Gasteiger partial charge in [0.05, 0.1) is 16.3 Å². The number of hydrogen-bond donors (Lipinski definition) is 3. The molecule has 0 aliphatic rings. The third-order valence-electron chi connectivity index (χ3n) is 2.78. The number of carbonyl (C=O) groups excluding carboxylic acids is 2. The van der Waals surface area contributed by atoms with Crippen LogP contribution in [0.2, 0.25) is 5.02 Å². The third kappa shape index (κ3) is 3.56. The molecule has 0 unspecified atom stereocenters. The van der Waals surface area contributed by atoms with E-state index in [2.05, 4.69) is 10.3 Å². The van der Waals surface area contributed by atoms with E-state index in [1.54, 1.807) is 18.2 Å². The lowest BCUT2D eigenvalue weighted by Gasteiger charge is -2.08. The zero-order chi connectivity index (χ0) is 15.4. The maximum Gasteiger partial charge on any atom is 0.255 e. The SMILES string of the molecule is NCc1cc(C(=O)Nc2ccc(Cl)c(C(N)=O)c2)ccn1. The van der Waals surface area contributed by atoms with Crippen molar-refractivity contribution in [2.45, 2.75) is 6.54 Å². The van der Waals surface area contributed by atoms with Crippen molar-refractivity contribution in [3.63, 3.8) is 0 Å². The second-order valence-electron chi connectivity index (χ2n) is 4.25.